The Morgan fingerprint density at radius 2 is 2.15 bits per heavy atom. The van der Waals surface area contributed by atoms with E-state index in [-0.39, 0.29) is 19.3 Å². The highest BCUT2D eigenvalue weighted by atomic mass is 16.6. The Morgan fingerprint density at radius 1 is 1.35 bits per heavy atom. The second kappa shape index (κ2) is 5.83. The zero-order valence-electron chi connectivity index (χ0n) is 11.5. The van der Waals surface area contributed by atoms with Gasteiger partial charge in [0.25, 0.3) is 0 Å². The van der Waals surface area contributed by atoms with Crippen molar-refractivity contribution in [1.29, 1.82) is 0 Å². The summed E-state index contributed by atoms with van der Waals surface area (Å²) in [7, 11) is 0. The lowest BCUT2D eigenvalue weighted by atomic mass is 9.87. The fourth-order valence-corrected chi connectivity index (χ4v) is 3.00. The van der Waals surface area contributed by atoms with E-state index in [1.807, 2.05) is 6.07 Å². The summed E-state index contributed by atoms with van der Waals surface area (Å²) in [6.45, 7) is 0.443. The van der Waals surface area contributed by atoms with Gasteiger partial charge in [0.15, 0.2) is 5.76 Å². The minimum absolute atomic E-state index is 0.102. The molecular formula is C14H20N2O4. The summed E-state index contributed by atoms with van der Waals surface area (Å²) in [6, 6.07) is 1.65. The third-order valence-corrected chi connectivity index (χ3v) is 4.21. The Bertz CT molecular complexity index is 467. The van der Waals surface area contributed by atoms with Gasteiger partial charge >= 0.3 is 6.09 Å². The summed E-state index contributed by atoms with van der Waals surface area (Å²) in [5.74, 6) is 1.14. The highest BCUT2D eigenvalue weighted by Crippen LogP contribution is 2.32. The Labute approximate surface area is 117 Å². The first kappa shape index (κ1) is 13.4. The van der Waals surface area contributed by atoms with Gasteiger partial charge in [-0.25, -0.2) is 4.79 Å². The molecular weight excluding hydrogens is 260 g/mol. The zero-order chi connectivity index (χ0) is 13.9. The highest BCUT2D eigenvalue weighted by Gasteiger charge is 2.33. The second-order valence-corrected chi connectivity index (χ2v) is 5.59. The topological polar surface area (TPSA) is 75.8 Å². The third kappa shape index (κ3) is 2.65. The number of ether oxygens (including phenoxy) is 1. The molecule has 1 saturated heterocycles. The first-order valence-corrected chi connectivity index (χ1v) is 7.27. The summed E-state index contributed by atoms with van der Waals surface area (Å²) in [5, 5.41) is 13.4. The molecule has 1 N–H and O–H groups in total. The maximum Gasteiger partial charge on any atom is 0.410 e. The number of rotatable bonds is 4. The van der Waals surface area contributed by atoms with Crippen molar-refractivity contribution in [2.45, 2.75) is 50.6 Å². The summed E-state index contributed by atoms with van der Waals surface area (Å²) in [4.78, 5) is 13.1. The molecule has 20 heavy (non-hydrogen) atoms. The molecule has 2 heterocycles. The van der Waals surface area contributed by atoms with Crippen LogP contribution in [0.3, 0.4) is 0 Å². The number of amides is 1. The predicted molar refractivity (Wildman–Crippen MR) is 70.1 cm³/mol. The Morgan fingerprint density at radius 3 is 2.90 bits per heavy atom. The first-order valence-electron chi connectivity index (χ1n) is 7.27. The fourth-order valence-electron chi connectivity index (χ4n) is 3.00. The van der Waals surface area contributed by atoms with Crippen LogP contribution in [0.5, 0.6) is 0 Å². The van der Waals surface area contributed by atoms with Crippen LogP contribution in [-0.2, 0) is 11.3 Å². The van der Waals surface area contributed by atoms with E-state index < -0.39 is 6.09 Å². The number of hydrogen-bond acceptors (Lipinski definition) is 5. The standard InChI is InChI=1S/C14H20N2O4/c17-8-11-9-19-14(18)16(11)7-12-6-13(15-20-12)10-4-2-1-3-5-10/h6,10-11,17H,1-5,7-9H2. The van der Waals surface area contributed by atoms with Crippen molar-refractivity contribution in [3.63, 3.8) is 0 Å². The summed E-state index contributed by atoms with van der Waals surface area (Å²) < 4.78 is 10.3. The molecule has 3 rings (SSSR count). The van der Waals surface area contributed by atoms with Gasteiger partial charge in [0.1, 0.15) is 6.61 Å². The molecule has 1 aliphatic carbocycles. The van der Waals surface area contributed by atoms with E-state index in [4.69, 9.17) is 9.26 Å². The van der Waals surface area contributed by atoms with Crippen LogP contribution < -0.4 is 0 Å². The van der Waals surface area contributed by atoms with Crippen molar-refractivity contribution in [2.24, 2.45) is 0 Å². The van der Waals surface area contributed by atoms with Crippen LogP contribution >= 0.6 is 0 Å². The number of cyclic esters (lactones) is 1. The molecule has 1 atom stereocenters. The Hall–Kier alpha value is -1.56. The molecule has 1 amide bonds. The quantitative estimate of drug-likeness (QED) is 0.913. The summed E-state index contributed by atoms with van der Waals surface area (Å²) in [5.41, 5.74) is 0.993. The molecule has 2 aliphatic rings. The van der Waals surface area contributed by atoms with Crippen LogP contribution in [0.2, 0.25) is 0 Å². The van der Waals surface area contributed by atoms with Crippen LogP contribution in [0.15, 0.2) is 10.6 Å². The number of aromatic nitrogens is 1. The molecule has 1 aliphatic heterocycles. The maximum atomic E-state index is 11.6. The molecule has 1 saturated carbocycles. The van der Waals surface area contributed by atoms with E-state index in [0.717, 1.165) is 18.5 Å². The van der Waals surface area contributed by atoms with Crippen molar-refractivity contribution >= 4 is 6.09 Å². The Balaban J connectivity index is 1.66. The van der Waals surface area contributed by atoms with Crippen molar-refractivity contribution in [3.8, 4) is 0 Å². The minimum atomic E-state index is -0.403. The summed E-state index contributed by atoms with van der Waals surface area (Å²) >= 11 is 0. The van der Waals surface area contributed by atoms with Gasteiger partial charge in [-0.15, -0.1) is 0 Å². The molecule has 1 aromatic heterocycles. The second-order valence-electron chi connectivity index (χ2n) is 5.59. The van der Waals surface area contributed by atoms with Crippen molar-refractivity contribution in [2.75, 3.05) is 13.2 Å². The Kier molecular flexibility index (Phi) is 3.91. The van der Waals surface area contributed by atoms with Crippen LogP contribution in [0.1, 0.15) is 49.5 Å². The number of aliphatic hydroxyl groups excluding tert-OH is 1. The molecule has 2 fully saturated rings. The molecule has 0 radical (unpaired) electrons. The molecule has 0 aromatic carbocycles. The van der Waals surface area contributed by atoms with Crippen LogP contribution in [0, 0.1) is 0 Å². The highest BCUT2D eigenvalue weighted by molar-refractivity contribution is 5.70. The van der Waals surface area contributed by atoms with Gasteiger partial charge in [-0.3, -0.25) is 4.90 Å². The summed E-state index contributed by atoms with van der Waals surface area (Å²) in [6.07, 6.45) is 5.72. The number of nitrogens with zero attached hydrogens (tertiary/aromatic N) is 2. The lowest BCUT2D eigenvalue weighted by Gasteiger charge is -2.18. The molecule has 0 spiro atoms. The van der Waals surface area contributed by atoms with Gasteiger partial charge in [-0.1, -0.05) is 24.4 Å². The fraction of sp³-hybridized carbons (Fsp3) is 0.714. The van der Waals surface area contributed by atoms with Gasteiger partial charge in [0.05, 0.1) is 24.9 Å². The minimum Gasteiger partial charge on any atom is -0.447 e. The van der Waals surface area contributed by atoms with Crippen LogP contribution in [-0.4, -0.2) is 40.5 Å². The van der Waals surface area contributed by atoms with Gasteiger partial charge < -0.3 is 14.4 Å². The number of hydrogen-bond donors (Lipinski definition) is 1. The molecule has 1 aromatic rings. The SMILES string of the molecule is O=C1OCC(CO)N1Cc1cc(C2CCCCC2)no1. The average molecular weight is 280 g/mol. The number of carbonyl (C=O) groups is 1. The smallest absolute Gasteiger partial charge is 0.410 e. The van der Waals surface area contributed by atoms with E-state index in [0.29, 0.717) is 18.2 Å². The van der Waals surface area contributed by atoms with E-state index in [1.54, 1.807) is 0 Å². The van der Waals surface area contributed by atoms with E-state index >= 15 is 0 Å². The van der Waals surface area contributed by atoms with Crippen LogP contribution in [0.4, 0.5) is 4.79 Å². The van der Waals surface area contributed by atoms with E-state index in [2.05, 4.69) is 5.16 Å². The first-order chi connectivity index (χ1) is 9.78. The third-order valence-electron chi connectivity index (χ3n) is 4.21. The lowest BCUT2D eigenvalue weighted by Crippen LogP contribution is -2.35. The van der Waals surface area contributed by atoms with Gasteiger partial charge in [0, 0.05) is 12.0 Å². The molecule has 1 unspecified atom stereocenters. The average Bonchev–Trinajstić information content (AvgIpc) is 3.08. The largest absolute Gasteiger partial charge is 0.447 e. The van der Waals surface area contributed by atoms with Gasteiger partial charge in [0.2, 0.25) is 0 Å². The van der Waals surface area contributed by atoms with Crippen LogP contribution in [0.25, 0.3) is 0 Å². The van der Waals surface area contributed by atoms with Crippen molar-refractivity contribution < 1.29 is 19.2 Å². The van der Waals surface area contributed by atoms with Crippen molar-refractivity contribution in [1.82, 2.24) is 10.1 Å². The molecule has 110 valence electrons. The molecule has 6 nitrogen and oxygen atoms in total. The number of carbonyl (C=O) groups excluding carboxylic acids is 1. The molecule has 6 heteroatoms. The monoisotopic (exact) mass is 280 g/mol. The van der Waals surface area contributed by atoms with Gasteiger partial charge in [-0.05, 0) is 12.8 Å². The van der Waals surface area contributed by atoms with Gasteiger partial charge in [-0.2, -0.15) is 0 Å². The van der Waals surface area contributed by atoms with E-state index in [1.165, 1.54) is 24.2 Å². The zero-order valence-corrected chi connectivity index (χ0v) is 11.5. The maximum absolute atomic E-state index is 11.6. The lowest BCUT2D eigenvalue weighted by molar-refractivity contribution is 0.145. The predicted octanol–water partition coefficient (Wildman–Crippen LogP) is 2.04. The van der Waals surface area contributed by atoms with E-state index in [9.17, 15) is 9.90 Å². The normalized spacial score (nSPS) is 24.1. The van der Waals surface area contributed by atoms with Crippen molar-refractivity contribution in [3.05, 3.63) is 17.5 Å². The number of aliphatic hydroxyl groups is 1. The molecule has 0 bridgehead atoms.